The Morgan fingerprint density at radius 1 is 1.19 bits per heavy atom. The summed E-state index contributed by atoms with van der Waals surface area (Å²) in [5.41, 5.74) is 2.27. The molecule has 26 heavy (non-hydrogen) atoms. The van der Waals surface area contributed by atoms with E-state index >= 15 is 0 Å². The van der Waals surface area contributed by atoms with Crippen LogP contribution >= 0.6 is 0 Å². The van der Waals surface area contributed by atoms with Crippen molar-refractivity contribution >= 4 is 5.78 Å². The fourth-order valence-electron chi connectivity index (χ4n) is 3.67. The number of piperidine rings is 1. The molecule has 3 rings (SSSR count). The smallest absolute Gasteiger partial charge is 0.160 e. The van der Waals surface area contributed by atoms with Gasteiger partial charge in [0.15, 0.2) is 11.5 Å². The van der Waals surface area contributed by atoms with Gasteiger partial charge in [0, 0.05) is 25.4 Å². The molecule has 0 radical (unpaired) electrons. The van der Waals surface area contributed by atoms with Crippen LogP contribution in [0.1, 0.15) is 30.4 Å². The van der Waals surface area contributed by atoms with Crippen molar-refractivity contribution in [3.8, 4) is 11.5 Å². The zero-order chi connectivity index (χ0) is 18.4. The number of ketones is 1. The maximum Gasteiger partial charge on any atom is 0.160 e. The number of phenolic OH excluding ortho intramolecular Hbond substituents is 1. The highest BCUT2D eigenvalue weighted by molar-refractivity contribution is 5.81. The van der Waals surface area contributed by atoms with Gasteiger partial charge in [-0.3, -0.25) is 9.69 Å². The van der Waals surface area contributed by atoms with E-state index in [1.54, 1.807) is 19.2 Å². The van der Waals surface area contributed by atoms with E-state index in [0.717, 1.165) is 44.5 Å². The van der Waals surface area contributed by atoms with E-state index in [1.807, 2.05) is 24.3 Å². The highest BCUT2D eigenvalue weighted by atomic mass is 16.5. The highest BCUT2D eigenvalue weighted by Crippen LogP contribution is 2.28. The molecule has 1 unspecified atom stereocenters. The fourth-order valence-corrected chi connectivity index (χ4v) is 3.67. The van der Waals surface area contributed by atoms with Gasteiger partial charge in [-0.1, -0.05) is 36.4 Å². The number of nitrogens with zero attached hydrogens (tertiary/aromatic N) is 1. The summed E-state index contributed by atoms with van der Waals surface area (Å²) >= 11 is 0. The standard InChI is InChI=1S/C22H27NO3/c1-26-22-12-10-18(14-21(22)25)15-23-13-5-8-19(16-23)20(24)11-9-17-6-3-2-4-7-17/h2-4,6-7,10,12,14,19,25H,5,8-9,11,13,15-16H2,1H3. The number of benzene rings is 2. The molecule has 0 spiro atoms. The van der Waals surface area contributed by atoms with Gasteiger partial charge in [0.25, 0.3) is 0 Å². The van der Waals surface area contributed by atoms with Gasteiger partial charge in [0.05, 0.1) is 7.11 Å². The lowest BCUT2D eigenvalue weighted by Gasteiger charge is -2.32. The molecule has 1 saturated heterocycles. The molecular formula is C22H27NO3. The fraction of sp³-hybridized carbons (Fsp3) is 0.409. The lowest BCUT2D eigenvalue weighted by atomic mass is 9.90. The Morgan fingerprint density at radius 2 is 2.00 bits per heavy atom. The Kier molecular flexibility index (Phi) is 6.29. The summed E-state index contributed by atoms with van der Waals surface area (Å²) in [4.78, 5) is 14.9. The van der Waals surface area contributed by atoms with E-state index in [1.165, 1.54) is 5.56 Å². The van der Waals surface area contributed by atoms with Gasteiger partial charge in [-0.2, -0.15) is 0 Å². The number of hydrogen-bond acceptors (Lipinski definition) is 4. The second-order valence-electron chi connectivity index (χ2n) is 7.03. The molecular weight excluding hydrogens is 326 g/mol. The van der Waals surface area contributed by atoms with Crippen molar-refractivity contribution in [3.63, 3.8) is 0 Å². The van der Waals surface area contributed by atoms with Gasteiger partial charge in [0.2, 0.25) is 0 Å². The van der Waals surface area contributed by atoms with Gasteiger partial charge in [-0.15, -0.1) is 0 Å². The molecule has 1 fully saturated rings. The molecule has 1 heterocycles. The number of methoxy groups -OCH3 is 1. The summed E-state index contributed by atoms with van der Waals surface area (Å²) < 4.78 is 5.09. The molecule has 4 nitrogen and oxygen atoms in total. The van der Waals surface area contributed by atoms with Crippen LogP contribution in [0.15, 0.2) is 48.5 Å². The first-order valence-corrected chi connectivity index (χ1v) is 9.30. The van der Waals surface area contributed by atoms with Crippen LogP contribution in [0, 0.1) is 5.92 Å². The maximum absolute atomic E-state index is 12.6. The van der Waals surface area contributed by atoms with Crippen LogP contribution in [-0.4, -0.2) is 36.0 Å². The Morgan fingerprint density at radius 3 is 2.73 bits per heavy atom. The summed E-state index contributed by atoms with van der Waals surface area (Å²) in [6, 6.07) is 15.7. The molecule has 0 bridgehead atoms. The van der Waals surface area contributed by atoms with E-state index < -0.39 is 0 Å². The van der Waals surface area contributed by atoms with Crippen molar-refractivity contribution < 1.29 is 14.6 Å². The van der Waals surface area contributed by atoms with Gasteiger partial charge in [-0.25, -0.2) is 0 Å². The zero-order valence-electron chi connectivity index (χ0n) is 15.4. The Hall–Kier alpha value is -2.33. The van der Waals surface area contributed by atoms with E-state index in [4.69, 9.17) is 4.74 Å². The number of carbonyl (C=O) groups is 1. The number of Topliss-reactive ketones (excluding diaryl/α,β-unsaturated/α-hetero) is 1. The van der Waals surface area contributed by atoms with Crippen molar-refractivity contribution in [2.75, 3.05) is 20.2 Å². The summed E-state index contributed by atoms with van der Waals surface area (Å²) in [5, 5.41) is 9.94. The third-order valence-corrected chi connectivity index (χ3v) is 5.11. The first-order chi connectivity index (χ1) is 12.7. The Bertz CT molecular complexity index is 729. The van der Waals surface area contributed by atoms with Gasteiger partial charge in [-0.05, 0) is 49.1 Å². The topological polar surface area (TPSA) is 49.8 Å². The van der Waals surface area contributed by atoms with Crippen LogP contribution in [0.5, 0.6) is 11.5 Å². The van der Waals surface area contributed by atoms with Crippen LogP contribution < -0.4 is 4.74 Å². The first kappa shape index (κ1) is 18.5. The van der Waals surface area contributed by atoms with Crippen molar-refractivity contribution in [2.24, 2.45) is 5.92 Å². The largest absolute Gasteiger partial charge is 0.504 e. The summed E-state index contributed by atoms with van der Waals surface area (Å²) in [6.45, 7) is 2.55. The molecule has 138 valence electrons. The van der Waals surface area contributed by atoms with E-state index in [2.05, 4.69) is 17.0 Å². The molecule has 2 aromatic carbocycles. The van der Waals surface area contributed by atoms with E-state index in [0.29, 0.717) is 18.0 Å². The highest BCUT2D eigenvalue weighted by Gasteiger charge is 2.25. The van der Waals surface area contributed by atoms with E-state index in [-0.39, 0.29) is 11.7 Å². The third kappa shape index (κ3) is 4.85. The van der Waals surface area contributed by atoms with E-state index in [9.17, 15) is 9.90 Å². The van der Waals surface area contributed by atoms with Crippen molar-refractivity contribution in [3.05, 3.63) is 59.7 Å². The predicted octanol–water partition coefficient (Wildman–Crippen LogP) is 3.81. The average Bonchev–Trinajstić information content (AvgIpc) is 2.67. The SMILES string of the molecule is COc1ccc(CN2CCCC(C(=O)CCc3ccccc3)C2)cc1O. The molecule has 1 aliphatic rings. The maximum atomic E-state index is 12.6. The number of rotatable bonds is 7. The molecule has 4 heteroatoms. The second kappa shape index (κ2) is 8.86. The number of carbonyl (C=O) groups excluding carboxylic acids is 1. The lowest BCUT2D eigenvalue weighted by molar-refractivity contribution is -0.124. The monoisotopic (exact) mass is 353 g/mol. The van der Waals surface area contributed by atoms with Crippen molar-refractivity contribution in [1.82, 2.24) is 4.90 Å². The molecule has 1 N–H and O–H groups in total. The van der Waals surface area contributed by atoms with Gasteiger partial charge < -0.3 is 9.84 Å². The Labute approximate surface area is 155 Å². The molecule has 2 aromatic rings. The van der Waals surface area contributed by atoms with Crippen molar-refractivity contribution in [2.45, 2.75) is 32.2 Å². The van der Waals surface area contributed by atoms with Crippen LogP contribution in [0.3, 0.4) is 0 Å². The number of aromatic hydroxyl groups is 1. The molecule has 1 aliphatic heterocycles. The predicted molar refractivity (Wildman–Crippen MR) is 102 cm³/mol. The minimum Gasteiger partial charge on any atom is -0.504 e. The Balaban J connectivity index is 1.53. The zero-order valence-corrected chi connectivity index (χ0v) is 15.4. The quantitative estimate of drug-likeness (QED) is 0.822. The number of phenols is 1. The van der Waals surface area contributed by atoms with Crippen LogP contribution in [0.4, 0.5) is 0 Å². The third-order valence-electron chi connectivity index (χ3n) is 5.11. The minimum atomic E-state index is 0.124. The summed E-state index contributed by atoms with van der Waals surface area (Å²) in [5.74, 6) is 1.15. The molecule has 1 atom stereocenters. The first-order valence-electron chi connectivity index (χ1n) is 9.30. The minimum absolute atomic E-state index is 0.124. The molecule has 0 saturated carbocycles. The number of hydrogen-bond donors (Lipinski definition) is 1. The normalized spacial score (nSPS) is 17.8. The molecule has 0 aliphatic carbocycles. The summed E-state index contributed by atoms with van der Waals surface area (Å²) in [6.07, 6.45) is 3.47. The second-order valence-corrected chi connectivity index (χ2v) is 7.03. The number of aryl methyl sites for hydroxylation is 1. The molecule has 0 amide bonds. The number of likely N-dealkylation sites (tertiary alicyclic amines) is 1. The van der Waals surface area contributed by atoms with Gasteiger partial charge >= 0.3 is 0 Å². The lowest BCUT2D eigenvalue weighted by Crippen LogP contribution is -2.38. The van der Waals surface area contributed by atoms with Crippen LogP contribution in [-0.2, 0) is 17.8 Å². The van der Waals surface area contributed by atoms with Crippen LogP contribution in [0.25, 0.3) is 0 Å². The number of ether oxygens (including phenoxy) is 1. The average molecular weight is 353 g/mol. The van der Waals surface area contributed by atoms with Crippen molar-refractivity contribution in [1.29, 1.82) is 0 Å². The van der Waals surface area contributed by atoms with Gasteiger partial charge in [0.1, 0.15) is 5.78 Å². The molecule has 0 aromatic heterocycles. The van der Waals surface area contributed by atoms with Crippen LogP contribution in [0.2, 0.25) is 0 Å². The summed E-state index contributed by atoms with van der Waals surface area (Å²) in [7, 11) is 1.55.